The molecule has 0 saturated heterocycles. The van der Waals surface area contributed by atoms with E-state index in [2.05, 4.69) is 15.1 Å². The molecule has 5 nitrogen and oxygen atoms in total. The van der Waals surface area contributed by atoms with Gasteiger partial charge in [0.25, 0.3) is 0 Å². The number of H-pyrrole nitrogens is 1. The molecule has 2 aromatic rings. The second-order valence-electron chi connectivity index (χ2n) is 2.09. The fraction of sp³-hybridized carbons (Fsp3) is 0. The third kappa shape index (κ3) is 0.861. The first-order valence-electron chi connectivity index (χ1n) is 3.17. The van der Waals surface area contributed by atoms with Gasteiger partial charge in [0, 0.05) is 12.4 Å². The van der Waals surface area contributed by atoms with Crippen LogP contribution in [0.2, 0.25) is 0 Å². The number of imidazole rings is 1. The summed E-state index contributed by atoms with van der Waals surface area (Å²) in [6.45, 7) is 0. The van der Waals surface area contributed by atoms with Crippen molar-refractivity contribution in [2.45, 2.75) is 0 Å². The predicted octanol–water partition coefficient (Wildman–Crippen LogP) is 0.178. The molecule has 0 spiro atoms. The van der Waals surface area contributed by atoms with Crippen LogP contribution in [0.25, 0.3) is 5.82 Å². The van der Waals surface area contributed by atoms with Crippen molar-refractivity contribution in [3.05, 3.63) is 24.8 Å². The molecule has 0 aromatic carbocycles. The highest BCUT2D eigenvalue weighted by molar-refractivity contribution is 5.45. The van der Waals surface area contributed by atoms with Gasteiger partial charge in [-0.2, -0.15) is 5.10 Å². The van der Waals surface area contributed by atoms with Crippen LogP contribution in [0, 0.1) is 0 Å². The Morgan fingerprint density at radius 1 is 1.55 bits per heavy atom. The van der Waals surface area contributed by atoms with Crippen molar-refractivity contribution < 1.29 is 0 Å². The van der Waals surface area contributed by atoms with E-state index in [1.165, 1.54) is 6.33 Å². The standard InChI is InChI=1S/C6H7N5/c7-5-6(9-4-8-5)11-3-1-2-10-11/h1-4H,7H2,(H,8,9). The number of nitrogens with two attached hydrogens (primary N) is 1. The van der Waals surface area contributed by atoms with Gasteiger partial charge >= 0.3 is 0 Å². The van der Waals surface area contributed by atoms with Gasteiger partial charge in [0.15, 0.2) is 5.82 Å². The first-order valence-corrected chi connectivity index (χ1v) is 3.17. The molecule has 0 aliphatic heterocycles. The molecule has 0 aliphatic rings. The lowest BCUT2D eigenvalue weighted by molar-refractivity contribution is 0.857. The average Bonchev–Trinajstić information content (AvgIpc) is 2.55. The van der Waals surface area contributed by atoms with Crippen molar-refractivity contribution >= 4 is 5.82 Å². The van der Waals surface area contributed by atoms with E-state index in [4.69, 9.17) is 5.73 Å². The van der Waals surface area contributed by atoms with Gasteiger partial charge < -0.3 is 10.7 Å². The maximum absolute atomic E-state index is 5.55. The lowest BCUT2D eigenvalue weighted by atomic mass is 10.6. The number of rotatable bonds is 1. The maximum Gasteiger partial charge on any atom is 0.195 e. The molecule has 0 saturated carbocycles. The van der Waals surface area contributed by atoms with Crippen LogP contribution in [0.4, 0.5) is 5.82 Å². The lowest BCUT2D eigenvalue weighted by Gasteiger charge is -1.94. The van der Waals surface area contributed by atoms with Gasteiger partial charge in [-0.05, 0) is 6.07 Å². The lowest BCUT2D eigenvalue weighted by Crippen LogP contribution is -1.98. The quantitative estimate of drug-likeness (QED) is 0.607. The van der Waals surface area contributed by atoms with Crippen molar-refractivity contribution in [1.82, 2.24) is 19.7 Å². The highest BCUT2D eigenvalue weighted by Crippen LogP contribution is 2.08. The van der Waals surface area contributed by atoms with E-state index in [-0.39, 0.29) is 0 Å². The molecular weight excluding hydrogens is 142 g/mol. The van der Waals surface area contributed by atoms with E-state index in [1.807, 2.05) is 6.07 Å². The molecule has 2 rings (SSSR count). The van der Waals surface area contributed by atoms with Crippen LogP contribution in [0.15, 0.2) is 24.8 Å². The number of anilines is 1. The first kappa shape index (κ1) is 5.96. The molecule has 0 atom stereocenters. The highest BCUT2D eigenvalue weighted by atomic mass is 15.3. The number of nitrogens with zero attached hydrogens (tertiary/aromatic N) is 3. The molecule has 0 unspecified atom stereocenters. The summed E-state index contributed by atoms with van der Waals surface area (Å²) in [6, 6.07) is 1.81. The number of aromatic nitrogens is 4. The third-order valence-corrected chi connectivity index (χ3v) is 1.37. The van der Waals surface area contributed by atoms with E-state index in [0.29, 0.717) is 11.6 Å². The third-order valence-electron chi connectivity index (χ3n) is 1.37. The summed E-state index contributed by atoms with van der Waals surface area (Å²) in [5.74, 6) is 1.16. The largest absolute Gasteiger partial charge is 0.382 e. The number of aromatic amines is 1. The molecule has 2 aromatic heterocycles. The van der Waals surface area contributed by atoms with Gasteiger partial charge in [0.1, 0.15) is 5.82 Å². The van der Waals surface area contributed by atoms with E-state index in [1.54, 1.807) is 17.1 Å². The summed E-state index contributed by atoms with van der Waals surface area (Å²) < 4.78 is 1.60. The van der Waals surface area contributed by atoms with Gasteiger partial charge in [-0.3, -0.25) is 0 Å². The second-order valence-corrected chi connectivity index (χ2v) is 2.09. The Morgan fingerprint density at radius 3 is 3.00 bits per heavy atom. The van der Waals surface area contributed by atoms with Gasteiger partial charge in [0.2, 0.25) is 0 Å². The number of hydrogen-bond acceptors (Lipinski definition) is 3. The molecule has 3 N–H and O–H groups in total. The average molecular weight is 149 g/mol. The minimum absolute atomic E-state index is 0.522. The molecule has 0 fully saturated rings. The molecule has 11 heavy (non-hydrogen) atoms. The van der Waals surface area contributed by atoms with Gasteiger partial charge in [-0.15, -0.1) is 0 Å². The maximum atomic E-state index is 5.55. The summed E-state index contributed by atoms with van der Waals surface area (Å²) in [7, 11) is 0. The van der Waals surface area contributed by atoms with E-state index >= 15 is 0 Å². The molecule has 0 radical (unpaired) electrons. The Bertz CT molecular complexity index is 333. The van der Waals surface area contributed by atoms with Crippen molar-refractivity contribution in [3.8, 4) is 5.82 Å². The summed E-state index contributed by atoms with van der Waals surface area (Å²) in [6.07, 6.45) is 4.99. The highest BCUT2D eigenvalue weighted by Gasteiger charge is 2.02. The van der Waals surface area contributed by atoms with Crippen LogP contribution < -0.4 is 5.73 Å². The van der Waals surface area contributed by atoms with E-state index < -0.39 is 0 Å². The number of nitrogens with one attached hydrogen (secondary N) is 1. The number of hydrogen-bond donors (Lipinski definition) is 2. The molecule has 0 aliphatic carbocycles. The van der Waals surface area contributed by atoms with Crippen molar-refractivity contribution in [2.75, 3.05) is 5.73 Å². The minimum atomic E-state index is 0.522. The van der Waals surface area contributed by atoms with Gasteiger partial charge in [0.05, 0.1) is 6.33 Å². The Labute approximate surface area is 62.9 Å². The van der Waals surface area contributed by atoms with Crippen molar-refractivity contribution in [1.29, 1.82) is 0 Å². The fourth-order valence-corrected chi connectivity index (χ4v) is 0.874. The van der Waals surface area contributed by atoms with Crippen LogP contribution in [-0.4, -0.2) is 19.7 Å². The molecule has 56 valence electrons. The second kappa shape index (κ2) is 2.12. The van der Waals surface area contributed by atoms with Crippen LogP contribution in [0.1, 0.15) is 0 Å². The van der Waals surface area contributed by atoms with E-state index in [0.717, 1.165) is 0 Å². The Hall–Kier alpha value is -1.78. The smallest absolute Gasteiger partial charge is 0.195 e. The van der Waals surface area contributed by atoms with Gasteiger partial charge in [-0.1, -0.05) is 0 Å². The van der Waals surface area contributed by atoms with Crippen LogP contribution in [0.3, 0.4) is 0 Å². The van der Waals surface area contributed by atoms with Crippen molar-refractivity contribution in [3.63, 3.8) is 0 Å². The van der Waals surface area contributed by atoms with Crippen LogP contribution in [-0.2, 0) is 0 Å². The zero-order valence-corrected chi connectivity index (χ0v) is 5.73. The fourth-order valence-electron chi connectivity index (χ4n) is 0.874. The zero-order valence-electron chi connectivity index (χ0n) is 5.73. The Kier molecular flexibility index (Phi) is 1.15. The SMILES string of the molecule is Nc1[nH]cnc1-n1cccn1. The molecular formula is C6H7N5. The zero-order chi connectivity index (χ0) is 7.68. The van der Waals surface area contributed by atoms with Crippen LogP contribution >= 0.6 is 0 Å². The summed E-state index contributed by atoms with van der Waals surface area (Å²) in [4.78, 5) is 6.74. The minimum Gasteiger partial charge on any atom is -0.382 e. The summed E-state index contributed by atoms with van der Waals surface area (Å²) in [5, 5.41) is 3.97. The molecule has 0 amide bonds. The topological polar surface area (TPSA) is 72.5 Å². The molecule has 2 heterocycles. The summed E-state index contributed by atoms with van der Waals surface area (Å²) >= 11 is 0. The molecule has 0 bridgehead atoms. The predicted molar refractivity (Wildman–Crippen MR) is 40.1 cm³/mol. The Morgan fingerprint density at radius 2 is 2.45 bits per heavy atom. The van der Waals surface area contributed by atoms with Crippen LogP contribution in [0.5, 0.6) is 0 Å². The molecule has 5 heteroatoms. The normalized spacial score (nSPS) is 10.2. The van der Waals surface area contributed by atoms with Gasteiger partial charge in [-0.25, -0.2) is 9.67 Å². The monoisotopic (exact) mass is 149 g/mol. The number of nitrogen functional groups attached to an aromatic ring is 1. The van der Waals surface area contributed by atoms with Crippen molar-refractivity contribution in [2.24, 2.45) is 0 Å². The van der Waals surface area contributed by atoms with E-state index in [9.17, 15) is 0 Å². The first-order chi connectivity index (χ1) is 5.38. The summed E-state index contributed by atoms with van der Waals surface area (Å²) in [5.41, 5.74) is 5.55. The Balaban J connectivity index is 2.53.